The van der Waals surface area contributed by atoms with Gasteiger partial charge in [-0.2, -0.15) is 0 Å². The van der Waals surface area contributed by atoms with Gasteiger partial charge in [-0.15, -0.1) is 0 Å². The molecule has 0 saturated heterocycles. The molecule has 0 spiro atoms. The molecule has 2 aromatic rings. The van der Waals surface area contributed by atoms with Gasteiger partial charge in [-0.3, -0.25) is 9.20 Å². The van der Waals surface area contributed by atoms with Crippen molar-refractivity contribution in [3.05, 3.63) is 46.5 Å². The smallest absolute Gasteiger partial charge is 0.258 e. The van der Waals surface area contributed by atoms with E-state index in [1.807, 2.05) is 13.0 Å². The van der Waals surface area contributed by atoms with Gasteiger partial charge >= 0.3 is 0 Å². The molecule has 0 aromatic carbocycles. The molecule has 0 saturated carbocycles. The van der Waals surface area contributed by atoms with Gasteiger partial charge in [-0.05, 0) is 25.5 Å². The van der Waals surface area contributed by atoms with E-state index in [-0.39, 0.29) is 5.56 Å². The number of aliphatic hydroxyl groups is 1. The second kappa shape index (κ2) is 5.50. The van der Waals surface area contributed by atoms with E-state index in [2.05, 4.69) is 10.3 Å². The van der Waals surface area contributed by atoms with Crippen LogP contribution in [0.15, 0.2) is 35.3 Å². The SMILES string of the molecule is CCC(C)(O)CNCc1cc(=O)n2ccccc2n1. The van der Waals surface area contributed by atoms with Gasteiger partial charge in [-0.1, -0.05) is 13.0 Å². The predicted molar refractivity (Wildman–Crippen MR) is 74.1 cm³/mol. The zero-order valence-electron chi connectivity index (χ0n) is 11.3. The first-order chi connectivity index (χ1) is 9.02. The number of nitrogens with zero attached hydrogens (tertiary/aromatic N) is 2. The van der Waals surface area contributed by atoms with Crippen molar-refractivity contribution in [3.63, 3.8) is 0 Å². The summed E-state index contributed by atoms with van der Waals surface area (Å²) in [5.74, 6) is 0. The van der Waals surface area contributed by atoms with Gasteiger partial charge in [0.15, 0.2) is 0 Å². The molecule has 0 aliphatic heterocycles. The van der Waals surface area contributed by atoms with E-state index in [4.69, 9.17) is 0 Å². The second-order valence-corrected chi connectivity index (χ2v) is 4.97. The molecule has 1 atom stereocenters. The van der Waals surface area contributed by atoms with Crippen LogP contribution in [-0.4, -0.2) is 26.6 Å². The summed E-state index contributed by atoms with van der Waals surface area (Å²) in [4.78, 5) is 16.3. The van der Waals surface area contributed by atoms with Gasteiger partial charge in [0.05, 0.1) is 11.3 Å². The maximum absolute atomic E-state index is 11.9. The first-order valence-corrected chi connectivity index (χ1v) is 6.42. The standard InChI is InChI=1S/C14H19N3O2/c1-3-14(2,19)10-15-9-11-8-13(18)17-7-5-4-6-12(17)16-11/h4-8,15,19H,3,9-10H2,1-2H3. The molecule has 0 amide bonds. The molecular weight excluding hydrogens is 242 g/mol. The summed E-state index contributed by atoms with van der Waals surface area (Å²) in [6.07, 6.45) is 2.37. The number of hydrogen-bond acceptors (Lipinski definition) is 4. The normalized spacial score (nSPS) is 14.5. The second-order valence-electron chi connectivity index (χ2n) is 4.97. The Morgan fingerprint density at radius 2 is 2.26 bits per heavy atom. The average molecular weight is 261 g/mol. The van der Waals surface area contributed by atoms with Crippen molar-refractivity contribution in [3.8, 4) is 0 Å². The van der Waals surface area contributed by atoms with E-state index in [1.54, 1.807) is 25.3 Å². The van der Waals surface area contributed by atoms with Gasteiger partial charge in [0, 0.05) is 25.4 Å². The Morgan fingerprint density at radius 1 is 1.47 bits per heavy atom. The Morgan fingerprint density at radius 3 is 3.00 bits per heavy atom. The summed E-state index contributed by atoms with van der Waals surface area (Å²) < 4.78 is 1.51. The van der Waals surface area contributed by atoms with Crippen LogP contribution in [0.2, 0.25) is 0 Å². The lowest BCUT2D eigenvalue weighted by atomic mass is 10.0. The van der Waals surface area contributed by atoms with Crippen LogP contribution in [-0.2, 0) is 6.54 Å². The van der Waals surface area contributed by atoms with Crippen molar-refractivity contribution in [2.75, 3.05) is 6.54 Å². The van der Waals surface area contributed by atoms with Crippen LogP contribution in [0.5, 0.6) is 0 Å². The molecule has 0 bridgehead atoms. The molecule has 102 valence electrons. The van der Waals surface area contributed by atoms with Gasteiger partial charge in [0.1, 0.15) is 5.65 Å². The fourth-order valence-corrected chi connectivity index (χ4v) is 1.78. The van der Waals surface area contributed by atoms with Gasteiger partial charge in [0.2, 0.25) is 0 Å². The fraction of sp³-hybridized carbons (Fsp3) is 0.429. The minimum absolute atomic E-state index is 0.0929. The molecule has 2 rings (SSSR count). The Labute approximate surface area is 111 Å². The molecular formula is C14H19N3O2. The topological polar surface area (TPSA) is 66.6 Å². The molecule has 2 N–H and O–H groups in total. The number of nitrogens with one attached hydrogen (secondary N) is 1. The summed E-state index contributed by atoms with van der Waals surface area (Å²) in [5, 5.41) is 13.0. The maximum atomic E-state index is 11.9. The monoisotopic (exact) mass is 261 g/mol. The van der Waals surface area contributed by atoms with Crippen LogP contribution in [0.1, 0.15) is 26.0 Å². The Bertz CT molecular complexity index is 619. The molecule has 0 aliphatic rings. The van der Waals surface area contributed by atoms with Crippen LogP contribution in [0.4, 0.5) is 0 Å². The summed E-state index contributed by atoms with van der Waals surface area (Å²) >= 11 is 0. The number of fused-ring (bicyclic) bond motifs is 1. The van der Waals surface area contributed by atoms with Crippen LogP contribution in [0.25, 0.3) is 5.65 Å². The molecule has 2 heterocycles. The van der Waals surface area contributed by atoms with Gasteiger partial charge in [-0.25, -0.2) is 4.98 Å². The summed E-state index contributed by atoms with van der Waals surface area (Å²) in [5.41, 5.74) is 0.494. The van der Waals surface area contributed by atoms with Crippen LogP contribution >= 0.6 is 0 Å². The number of aromatic nitrogens is 2. The lowest BCUT2D eigenvalue weighted by molar-refractivity contribution is 0.0555. The average Bonchev–Trinajstić information content (AvgIpc) is 2.39. The molecule has 1 unspecified atom stereocenters. The third-order valence-electron chi connectivity index (χ3n) is 3.20. The molecule has 0 fully saturated rings. The minimum Gasteiger partial charge on any atom is -0.389 e. The highest BCUT2D eigenvalue weighted by Crippen LogP contribution is 2.06. The molecule has 0 aliphatic carbocycles. The Kier molecular flexibility index (Phi) is 3.97. The minimum atomic E-state index is -0.730. The fourth-order valence-electron chi connectivity index (χ4n) is 1.78. The summed E-state index contributed by atoms with van der Waals surface area (Å²) in [6.45, 7) is 4.65. The predicted octanol–water partition coefficient (Wildman–Crippen LogP) is 0.945. The van der Waals surface area contributed by atoms with Crippen molar-refractivity contribution in [2.45, 2.75) is 32.4 Å². The zero-order valence-corrected chi connectivity index (χ0v) is 11.3. The highest BCUT2D eigenvalue weighted by molar-refractivity contribution is 5.37. The third-order valence-corrected chi connectivity index (χ3v) is 3.20. The molecule has 5 heteroatoms. The van der Waals surface area contributed by atoms with E-state index in [1.165, 1.54) is 10.5 Å². The lowest BCUT2D eigenvalue weighted by Gasteiger charge is -2.21. The van der Waals surface area contributed by atoms with E-state index < -0.39 is 5.60 Å². The van der Waals surface area contributed by atoms with Crippen LogP contribution < -0.4 is 10.9 Å². The van der Waals surface area contributed by atoms with Crippen molar-refractivity contribution < 1.29 is 5.11 Å². The largest absolute Gasteiger partial charge is 0.389 e. The molecule has 19 heavy (non-hydrogen) atoms. The van der Waals surface area contributed by atoms with Crippen molar-refractivity contribution in [1.29, 1.82) is 0 Å². The lowest BCUT2D eigenvalue weighted by Crippen LogP contribution is -2.37. The molecule has 2 aromatic heterocycles. The van der Waals surface area contributed by atoms with Crippen molar-refractivity contribution in [1.82, 2.24) is 14.7 Å². The van der Waals surface area contributed by atoms with E-state index in [9.17, 15) is 9.90 Å². The number of pyridine rings is 1. The highest BCUT2D eigenvalue weighted by Gasteiger charge is 2.16. The van der Waals surface area contributed by atoms with Gasteiger partial charge < -0.3 is 10.4 Å². The van der Waals surface area contributed by atoms with Crippen LogP contribution in [0, 0.1) is 0 Å². The van der Waals surface area contributed by atoms with Gasteiger partial charge in [0.25, 0.3) is 5.56 Å². The highest BCUT2D eigenvalue weighted by atomic mass is 16.3. The number of hydrogen-bond donors (Lipinski definition) is 2. The summed E-state index contributed by atoms with van der Waals surface area (Å²) in [6, 6.07) is 6.96. The third kappa shape index (κ3) is 3.39. The zero-order chi connectivity index (χ0) is 13.9. The van der Waals surface area contributed by atoms with Crippen LogP contribution in [0.3, 0.4) is 0 Å². The van der Waals surface area contributed by atoms with Crippen molar-refractivity contribution >= 4 is 5.65 Å². The maximum Gasteiger partial charge on any atom is 0.258 e. The quantitative estimate of drug-likeness (QED) is 0.841. The first kappa shape index (κ1) is 13.7. The van der Waals surface area contributed by atoms with Crippen molar-refractivity contribution in [2.24, 2.45) is 0 Å². The Hall–Kier alpha value is -1.72. The first-order valence-electron chi connectivity index (χ1n) is 6.42. The Balaban J connectivity index is 2.12. The van der Waals surface area contributed by atoms with E-state index >= 15 is 0 Å². The van der Waals surface area contributed by atoms with E-state index in [0.29, 0.717) is 30.9 Å². The van der Waals surface area contributed by atoms with E-state index in [0.717, 1.165) is 0 Å². The summed E-state index contributed by atoms with van der Waals surface area (Å²) in [7, 11) is 0. The number of rotatable bonds is 5. The molecule has 5 nitrogen and oxygen atoms in total. The molecule has 0 radical (unpaired) electrons.